The molecule has 6 aromatic rings. The molecular weight excluding hydrogens is 709 g/mol. The van der Waals surface area contributed by atoms with E-state index in [0.717, 1.165) is 70.3 Å². The summed E-state index contributed by atoms with van der Waals surface area (Å²) in [6.45, 7) is 11.2. The second-order valence-electron chi connectivity index (χ2n) is 15.4. The van der Waals surface area contributed by atoms with Gasteiger partial charge in [0.1, 0.15) is 29.6 Å². The molecule has 0 N–H and O–H groups in total. The summed E-state index contributed by atoms with van der Waals surface area (Å²) in [4.78, 5) is 40.3. The highest BCUT2D eigenvalue weighted by Crippen LogP contribution is 2.43. The number of pyridine rings is 4. The van der Waals surface area contributed by atoms with Crippen molar-refractivity contribution in [1.82, 2.24) is 28.9 Å². The van der Waals surface area contributed by atoms with Crippen molar-refractivity contribution in [2.24, 2.45) is 7.05 Å². The van der Waals surface area contributed by atoms with Gasteiger partial charge in [-0.15, -0.1) is 0 Å². The molecule has 0 saturated carbocycles. The normalized spacial score (nSPS) is 14.0. The number of nitrogens with zero attached hydrogens (tertiary/aromatic N) is 6. The lowest BCUT2D eigenvalue weighted by Crippen LogP contribution is -2.44. The maximum atomic E-state index is 14.0. The summed E-state index contributed by atoms with van der Waals surface area (Å²) in [7, 11) is 8.87. The molecule has 12 heteroatoms. The average molecular weight is 759 g/mol. The van der Waals surface area contributed by atoms with Crippen LogP contribution in [0.25, 0.3) is 43.8 Å². The number of piperazine rings is 1. The van der Waals surface area contributed by atoms with E-state index in [9.17, 15) is 9.59 Å². The van der Waals surface area contributed by atoms with E-state index in [1.807, 2.05) is 48.8 Å². The van der Waals surface area contributed by atoms with Gasteiger partial charge < -0.3 is 33.0 Å². The van der Waals surface area contributed by atoms with Gasteiger partial charge in [0, 0.05) is 93.6 Å². The largest absolute Gasteiger partial charge is 0.496 e. The van der Waals surface area contributed by atoms with E-state index >= 15 is 0 Å². The summed E-state index contributed by atoms with van der Waals surface area (Å²) in [5.74, 6) is 2.75. The summed E-state index contributed by atoms with van der Waals surface area (Å²) in [6, 6.07) is 11.8. The van der Waals surface area contributed by atoms with Crippen molar-refractivity contribution >= 4 is 21.5 Å². The molecule has 4 aromatic heterocycles. The minimum Gasteiger partial charge on any atom is -0.496 e. The van der Waals surface area contributed by atoms with Crippen molar-refractivity contribution < 1.29 is 18.9 Å². The molecule has 0 bridgehead atoms. The molecule has 7 rings (SSSR count). The van der Waals surface area contributed by atoms with Crippen LogP contribution in [0.15, 0.2) is 83.2 Å². The zero-order valence-electron chi connectivity index (χ0n) is 33.5. The number of rotatable bonds is 11. The first kappa shape index (κ1) is 38.6. The molecule has 0 atom stereocenters. The summed E-state index contributed by atoms with van der Waals surface area (Å²) in [5.41, 5.74) is 4.75. The number of likely N-dealkylation sites (N-methyl/N-ethyl adjacent to an activating group) is 1. The predicted octanol–water partition coefficient (Wildman–Crippen LogP) is 6.13. The Labute approximate surface area is 326 Å². The summed E-state index contributed by atoms with van der Waals surface area (Å²) in [5, 5.41) is 2.59. The van der Waals surface area contributed by atoms with Crippen LogP contribution >= 0.6 is 0 Å². The van der Waals surface area contributed by atoms with Crippen molar-refractivity contribution in [2.75, 3.05) is 61.2 Å². The van der Waals surface area contributed by atoms with Gasteiger partial charge in [-0.1, -0.05) is 20.8 Å². The first-order valence-electron chi connectivity index (χ1n) is 18.8. The van der Waals surface area contributed by atoms with E-state index in [4.69, 9.17) is 18.9 Å². The van der Waals surface area contributed by atoms with Crippen molar-refractivity contribution in [1.29, 1.82) is 0 Å². The van der Waals surface area contributed by atoms with Crippen LogP contribution in [-0.4, -0.2) is 90.1 Å². The third-order valence-electron chi connectivity index (χ3n) is 10.7. The van der Waals surface area contributed by atoms with Gasteiger partial charge >= 0.3 is 0 Å². The Kier molecular flexibility index (Phi) is 10.9. The first-order valence-corrected chi connectivity index (χ1v) is 18.8. The Balaban J connectivity index is 1.29. The van der Waals surface area contributed by atoms with Gasteiger partial charge in [-0.05, 0) is 70.8 Å². The highest BCUT2D eigenvalue weighted by atomic mass is 16.5. The second kappa shape index (κ2) is 15.8. The minimum atomic E-state index is -0.234. The van der Waals surface area contributed by atoms with E-state index in [1.165, 1.54) is 0 Å². The summed E-state index contributed by atoms with van der Waals surface area (Å²) >= 11 is 0. The lowest BCUT2D eigenvalue weighted by Gasteiger charge is -2.33. The number of ether oxygens (including phenoxy) is 4. The maximum Gasteiger partial charge on any atom is 0.260 e. The first-order chi connectivity index (χ1) is 26.9. The van der Waals surface area contributed by atoms with Crippen LogP contribution < -0.4 is 30.1 Å². The third kappa shape index (κ3) is 7.46. The van der Waals surface area contributed by atoms with E-state index < -0.39 is 0 Å². The van der Waals surface area contributed by atoms with Gasteiger partial charge in [0.25, 0.3) is 11.1 Å². The molecule has 1 fully saturated rings. The molecule has 0 spiro atoms. The number of fused-ring (bicyclic) bond motifs is 2. The van der Waals surface area contributed by atoms with Gasteiger partial charge in [0.05, 0.1) is 44.2 Å². The highest BCUT2D eigenvalue weighted by Gasteiger charge is 2.26. The fourth-order valence-electron chi connectivity index (χ4n) is 7.71. The molecule has 5 heterocycles. The Morgan fingerprint density at radius 3 is 1.79 bits per heavy atom. The monoisotopic (exact) mass is 758 g/mol. The van der Waals surface area contributed by atoms with Crippen LogP contribution in [0.5, 0.6) is 23.0 Å². The Bertz CT molecular complexity index is 2510. The minimum absolute atomic E-state index is 0.121. The summed E-state index contributed by atoms with van der Waals surface area (Å²) in [6.07, 6.45) is 10.3. The molecule has 0 amide bonds. The van der Waals surface area contributed by atoms with Gasteiger partial charge in [-0.3, -0.25) is 24.5 Å². The van der Waals surface area contributed by atoms with Gasteiger partial charge in [0.2, 0.25) is 0 Å². The number of aryl methyl sites for hydroxylation is 1. The Hall–Kier alpha value is -5.72. The summed E-state index contributed by atoms with van der Waals surface area (Å²) < 4.78 is 27.8. The van der Waals surface area contributed by atoms with Crippen LogP contribution in [0.4, 0.5) is 0 Å². The molecule has 12 nitrogen and oxygen atoms in total. The fraction of sp³-hybridized carbons (Fsp3) is 0.364. The van der Waals surface area contributed by atoms with E-state index in [0.29, 0.717) is 40.3 Å². The van der Waals surface area contributed by atoms with Gasteiger partial charge in [-0.25, -0.2) is 0 Å². The van der Waals surface area contributed by atoms with Crippen LogP contribution in [0.2, 0.25) is 0 Å². The van der Waals surface area contributed by atoms with Crippen molar-refractivity contribution in [3.63, 3.8) is 0 Å². The average Bonchev–Trinajstić information content (AvgIpc) is 3.20. The van der Waals surface area contributed by atoms with Gasteiger partial charge in [-0.2, -0.15) is 0 Å². The molecule has 1 aliphatic rings. The van der Waals surface area contributed by atoms with Crippen LogP contribution in [0.3, 0.4) is 0 Å². The zero-order valence-corrected chi connectivity index (χ0v) is 33.5. The molecular formula is C44H50N6O6. The number of benzene rings is 2. The topological polar surface area (TPSA) is 113 Å². The zero-order chi connectivity index (χ0) is 39.7. The third-order valence-corrected chi connectivity index (χ3v) is 10.7. The number of methoxy groups -OCH3 is 3. The highest BCUT2D eigenvalue weighted by molar-refractivity contribution is 5.97. The van der Waals surface area contributed by atoms with Crippen molar-refractivity contribution in [3.05, 3.63) is 105 Å². The number of hydrogen-bond donors (Lipinski definition) is 0. The number of aromatic nitrogens is 4. The molecule has 56 heavy (non-hydrogen) atoms. The molecule has 292 valence electrons. The van der Waals surface area contributed by atoms with E-state index in [1.54, 1.807) is 62.3 Å². The maximum absolute atomic E-state index is 14.0. The molecule has 1 saturated heterocycles. The lowest BCUT2D eigenvalue weighted by atomic mass is 9.84. The molecule has 0 radical (unpaired) electrons. The van der Waals surface area contributed by atoms with Crippen LogP contribution in [0, 0.1) is 0 Å². The standard InChI is InChI=1S/C44H50N6O6/c1-44(2,3)41-39(54-7)21-29(22-40(41)55-8)35-27-50(43(52)33-24-46-12-10-31(33)35)17-18-56-38-20-28(34-25-48(5)42(51)32-23-45-11-9-30(32)34)19-37(53-6)36(38)26-49-15-13-47(4)14-16-49/h9-12,19-25,27H,13-18,26H2,1-8H3. The van der Waals surface area contributed by atoms with Crippen LogP contribution in [0.1, 0.15) is 31.9 Å². The molecule has 0 unspecified atom stereocenters. The number of hydrogen-bond acceptors (Lipinski definition) is 10. The quantitative estimate of drug-likeness (QED) is 0.153. The lowest BCUT2D eigenvalue weighted by molar-refractivity contribution is 0.145. The van der Waals surface area contributed by atoms with E-state index in [2.05, 4.69) is 47.6 Å². The van der Waals surface area contributed by atoms with Gasteiger partial charge in [0.15, 0.2) is 0 Å². The molecule has 0 aliphatic carbocycles. The Morgan fingerprint density at radius 1 is 0.679 bits per heavy atom. The SMILES string of the molecule is COc1cc(-c2cn(C)c(=O)c3cnccc23)cc(OCCn2cc(-c3cc(OC)c(C(C)(C)C)c(OC)c3)c3ccncc3c2=O)c1CN1CCN(C)CC1. The smallest absolute Gasteiger partial charge is 0.260 e. The van der Waals surface area contributed by atoms with Crippen LogP contribution in [-0.2, 0) is 25.6 Å². The molecule has 2 aromatic carbocycles. The Morgan fingerprint density at radius 2 is 1.21 bits per heavy atom. The van der Waals surface area contributed by atoms with Crippen molar-refractivity contribution in [3.8, 4) is 45.3 Å². The second-order valence-corrected chi connectivity index (χ2v) is 15.4. The predicted molar refractivity (Wildman–Crippen MR) is 220 cm³/mol. The fourth-order valence-corrected chi connectivity index (χ4v) is 7.71. The van der Waals surface area contributed by atoms with Crippen molar-refractivity contribution in [2.45, 2.75) is 39.3 Å². The molecule has 1 aliphatic heterocycles. The van der Waals surface area contributed by atoms with E-state index in [-0.39, 0.29) is 29.7 Å².